The molecule has 4 heteroatoms. The lowest BCUT2D eigenvalue weighted by molar-refractivity contribution is 0.175. The molecule has 2 aromatic rings. The number of hydrogen-bond donors (Lipinski definition) is 0. The molecule has 0 fully saturated rings. The van der Waals surface area contributed by atoms with Gasteiger partial charge in [-0.15, -0.1) is 0 Å². The Kier molecular flexibility index (Phi) is 7.64. The average molecular weight is 371 g/mol. The van der Waals surface area contributed by atoms with Gasteiger partial charge in [-0.1, -0.05) is 40.2 Å². The molecule has 0 saturated heterocycles. The number of hydrogen-bond acceptors (Lipinski definition) is 4. The Bertz CT molecular complexity index is 771. The maximum absolute atomic E-state index is 6.26. The molecule has 0 aliphatic heterocycles. The minimum absolute atomic E-state index is 0.195. The van der Waals surface area contributed by atoms with Crippen LogP contribution in [0.5, 0.6) is 11.6 Å². The Balaban J connectivity index is 2.60. The lowest BCUT2D eigenvalue weighted by atomic mass is 9.99. The van der Waals surface area contributed by atoms with E-state index in [2.05, 4.69) is 53.7 Å². The fraction of sp³-hybridized carbons (Fsp3) is 0.565. The van der Waals surface area contributed by atoms with Gasteiger partial charge in [0, 0.05) is 5.56 Å². The number of nitrogens with zero attached hydrogens (tertiary/aromatic N) is 2. The third-order valence-corrected chi connectivity index (χ3v) is 4.92. The first-order valence-corrected chi connectivity index (χ1v) is 10.2. The molecule has 0 radical (unpaired) electrons. The summed E-state index contributed by atoms with van der Waals surface area (Å²) < 4.78 is 11.9. The van der Waals surface area contributed by atoms with Gasteiger partial charge in [-0.2, -0.15) is 0 Å². The molecule has 1 aromatic carbocycles. The van der Waals surface area contributed by atoms with Crippen LogP contribution < -0.4 is 9.47 Å². The minimum Gasteiger partial charge on any atom is -0.496 e. The quantitative estimate of drug-likeness (QED) is 0.555. The van der Waals surface area contributed by atoms with Crippen LogP contribution in [0.2, 0.25) is 0 Å². The van der Waals surface area contributed by atoms with Crippen molar-refractivity contribution in [2.24, 2.45) is 0 Å². The lowest BCUT2D eigenvalue weighted by Crippen LogP contribution is -2.18. The summed E-state index contributed by atoms with van der Waals surface area (Å²) in [7, 11) is 1.71. The van der Waals surface area contributed by atoms with Gasteiger partial charge >= 0.3 is 0 Å². The zero-order valence-electron chi connectivity index (χ0n) is 18.0. The standard InChI is InChI=1S/C23H34N2O2/c1-8-12-17(9-2)27-23-19(11-4)24-22(18(10-3)25-23)21-16(6)13-15(5)14-20(21)26-7/h13-14,17H,8-12H2,1-7H3. The molecule has 0 aliphatic rings. The predicted molar refractivity (Wildman–Crippen MR) is 112 cm³/mol. The van der Waals surface area contributed by atoms with Gasteiger partial charge in [0.05, 0.1) is 18.5 Å². The zero-order valence-corrected chi connectivity index (χ0v) is 18.0. The number of aryl methyl sites for hydroxylation is 4. The molecular weight excluding hydrogens is 336 g/mol. The molecule has 0 spiro atoms. The molecule has 1 unspecified atom stereocenters. The molecule has 1 heterocycles. The number of aromatic nitrogens is 2. The molecule has 0 aliphatic carbocycles. The molecule has 4 nitrogen and oxygen atoms in total. The molecule has 1 aromatic heterocycles. The van der Waals surface area contributed by atoms with Gasteiger partial charge in [0.25, 0.3) is 0 Å². The van der Waals surface area contributed by atoms with Crippen LogP contribution in [0.25, 0.3) is 11.3 Å². The average Bonchev–Trinajstić information content (AvgIpc) is 2.66. The van der Waals surface area contributed by atoms with Gasteiger partial charge in [-0.05, 0) is 56.7 Å². The summed E-state index contributed by atoms with van der Waals surface area (Å²) in [5.74, 6) is 1.55. The number of rotatable bonds is 9. The summed E-state index contributed by atoms with van der Waals surface area (Å²) in [4.78, 5) is 9.92. The van der Waals surface area contributed by atoms with Crippen LogP contribution in [0.4, 0.5) is 0 Å². The van der Waals surface area contributed by atoms with E-state index in [0.717, 1.165) is 66.1 Å². The summed E-state index contributed by atoms with van der Waals surface area (Å²) in [6, 6.07) is 4.23. The van der Waals surface area contributed by atoms with Crippen molar-refractivity contribution in [3.05, 3.63) is 34.6 Å². The molecule has 0 amide bonds. The summed E-state index contributed by atoms with van der Waals surface area (Å²) in [5, 5.41) is 0. The molecule has 0 N–H and O–H groups in total. The van der Waals surface area contributed by atoms with Crippen molar-refractivity contribution < 1.29 is 9.47 Å². The largest absolute Gasteiger partial charge is 0.496 e. The van der Waals surface area contributed by atoms with E-state index >= 15 is 0 Å². The summed E-state index contributed by atoms with van der Waals surface area (Å²) in [5.41, 5.74) is 6.16. The molecule has 27 heavy (non-hydrogen) atoms. The van der Waals surface area contributed by atoms with Crippen molar-refractivity contribution in [3.63, 3.8) is 0 Å². The first kappa shape index (κ1) is 21.2. The topological polar surface area (TPSA) is 44.2 Å². The molecule has 0 saturated carbocycles. The van der Waals surface area contributed by atoms with Crippen molar-refractivity contribution in [3.8, 4) is 22.9 Å². The second kappa shape index (κ2) is 9.72. The monoisotopic (exact) mass is 370 g/mol. The fourth-order valence-electron chi connectivity index (χ4n) is 3.48. The van der Waals surface area contributed by atoms with Crippen LogP contribution in [0.1, 0.15) is 69.5 Å². The first-order chi connectivity index (χ1) is 13.0. The van der Waals surface area contributed by atoms with Crippen LogP contribution in [-0.2, 0) is 12.8 Å². The number of methoxy groups -OCH3 is 1. The van der Waals surface area contributed by atoms with Gasteiger partial charge in [0.2, 0.25) is 5.88 Å². The van der Waals surface area contributed by atoms with Crippen molar-refractivity contribution >= 4 is 0 Å². The minimum atomic E-state index is 0.195. The first-order valence-electron chi connectivity index (χ1n) is 10.2. The maximum Gasteiger partial charge on any atom is 0.236 e. The smallest absolute Gasteiger partial charge is 0.236 e. The summed E-state index contributed by atoms with van der Waals surface area (Å²) in [6.45, 7) is 12.8. The maximum atomic E-state index is 6.26. The van der Waals surface area contributed by atoms with E-state index in [-0.39, 0.29) is 6.10 Å². The van der Waals surface area contributed by atoms with Crippen molar-refractivity contribution in [1.29, 1.82) is 0 Å². The second-order valence-electron chi connectivity index (χ2n) is 7.07. The third kappa shape index (κ3) is 4.79. The van der Waals surface area contributed by atoms with Crippen LogP contribution >= 0.6 is 0 Å². The lowest BCUT2D eigenvalue weighted by Gasteiger charge is -2.21. The van der Waals surface area contributed by atoms with E-state index < -0.39 is 0 Å². The highest BCUT2D eigenvalue weighted by Gasteiger charge is 2.21. The van der Waals surface area contributed by atoms with Gasteiger partial charge in [-0.25, -0.2) is 9.97 Å². The molecule has 2 rings (SSSR count). The highest BCUT2D eigenvalue weighted by molar-refractivity contribution is 5.73. The highest BCUT2D eigenvalue weighted by atomic mass is 16.5. The Hall–Kier alpha value is -2.10. The van der Waals surface area contributed by atoms with Gasteiger partial charge < -0.3 is 9.47 Å². The van der Waals surface area contributed by atoms with E-state index in [4.69, 9.17) is 19.4 Å². The van der Waals surface area contributed by atoms with E-state index in [0.29, 0.717) is 5.88 Å². The van der Waals surface area contributed by atoms with Crippen LogP contribution in [0, 0.1) is 13.8 Å². The van der Waals surface area contributed by atoms with Crippen molar-refractivity contribution in [1.82, 2.24) is 9.97 Å². The van der Waals surface area contributed by atoms with Crippen LogP contribution in [-0.4, -0.2) is 23.2 Å². The van der Waals surface area contributed by atoms with E-state index in [1.807, 2.05) is 0 Å². The number of ether oxygens (including phenoxy) is 2. The molecular formula is C23H34N2O2. The molecule has 0 bridgehead atoms. The van der Waals surface area contributed by atoms with E-state index in [9.17, 15) is 0 Å². The Morgan fingerprint density at radius 3 is 2.22 bits per heavy atom. The van der Waals surface area contributed by atoms with Crippen LogP contribution in [0.3, 0.4) is 0 Å². The molecule has 1 atom stereocenters. The Labute approximate surface area is 164 Å². The highest BCUT2D eigenvalue weighted by Crippen LogP contribution is 2.36. The van der Waals surface area contributed by atoms with Crippen molar-refractivity contribution in [2.75, 3.05) is 7.11 Å². The Morgan fingerprint density at radius 1 is 0.963 bits per heavy atom. The van der Waals surface area contributed by atoms with Crippen molar-refractivity contribution in [2.45, 2.75) is 79.8 Å². The third-order valence-electron chi connectivity index (χ3n) is 4.92. The van der Waals surface area contributed by atoms with E-state index in [1.54, 1.807) is 7.11 Å². The van der Waals surface area contributed by atoms with E-state index in [1.165, 1.54) is 5.56 Å². The SMILES string of the molecule is CCCC(CC)Oc1nc(CC)c(-c2c(C)cc(C)cc2OC)nc1CC. The van der Waals surface area contributed by atoms with Gasteiger partial charge in [-0.3, -0.25) is 0 Å². The fourth-order valence-corrected chi connectivity index (χ4v) is 3.48. The van der Waals surface area contributed by atoms with Gasteiger partial charge in [0.15, 0.2) is 0 Å². The zero-order chi connectivity index (χ0) is 20.0. The van der Waals surface area contributed by atoms with Gasteiger partial charge in [0.1, 0.15) is 17.5 Å². The normalized spacial score (nSPS) is 12.1. The predicted octanol–water partition coefficient (Wildman–Crippen LogP) is 5.85. The second-order valence-corrected chi connectivity index (χ2v) is 7.07. The summed E-state index contributed by atoms with van der Waals surface area (Å²) >= 11 is 0. The molecule has 148 valence electrons. The van der Waals surface area contributed by atoms with Crippen LogP contribution in [0.15, 0.2) is 12.1 Å². The summed E-state index contributed by atoms with van der Waals surface area (Å²) in [6.07, 6.45) is 4.90. The Morgan fingerprint density at radius 2 is 1.67 bits per heavy atom. The number of benzene rings is 1.